The Morgan fingerprint density at radius 1 is 0.248 bits per heavy atom. The molecule has 738 valence electrons. The van der Waals surface area contributed by atoms with Crippen LogP contribution in [0.15, 0.2) is 271 Å². The zero-order chi connectivity index (χ0) is 103. The van der Waals surface area contributed by atoms with Gasteiger partial charge in [-0.25, -0.2) is 125 Å². The Kier molecular flexibility index (Phi) is 33.3. The number of hydrogen-bond donors (Lipinski definition) is 0. The normalized spacial score (nSPS) is 12.0. The number of nitrogens with zero attached hydrogens (tertiary/aromatic N) is 18. The first kappa shape index (κ1) is 107. The molecule has 0 unspecified atom stereocenters. The van der Waals surface area contributed by atoms with Crippen molar-refractivity contribution >= 4 is 187 Å². The van der Waals surface area contributed by atoms with E-state index in [2.05, 4.69) is 60.5 Å². The number of benzene rings is 6. The molecule has 12 heterocycles. The minimum Gasteiger partial charge on any atom is -0.233 e. The molecule has 0 atom stereocenters. The van der Waals surface area contributed by atoms with Gasteiger partial charge in [-0.15, -0.1) is 70.6 Å². The number of rotatable bonds is 21. The summed E-state index contributed by atoms with van der Waals surface area (Å²) in [5.74, 6) is -0.131. The van der Waals surface area contributed by atoms with Gasteiger partial charge in [-0.3, -0.25) is 0 Å². The van der Waals surface area contributed by atoms with Gasteiger partial charge in [-0.2, -0.15) is 30.6 Å². The van der Waals surface area contributed by atoms with Gasteiger partial charge in [-0.1, -0.05) is 68.2 Å². The largest absolute Gasteiger partial charge is 0.233 e. The molecule has 0 saturated carbocycles. The third-order valence-corrected chi connectivity index (χ3v) is 37.2. The van der Waals surface area contributed by atoms with Crippen molar-refractivity contribution in [2.75, 3.05) is 36.0 Å². The summed E-state index contributed by atoms with van der Waals surface area (Å²) in [7, 11) is -23.1. The minimum atomic E-state index is -3.94. The smallest absolute Gasteiger partial charge is 0.213 e. The third-order valence-electron chi connectivity index (χ3n) is 20.6. The van der Waals surface area contributed by atoms with Crippen molar-refractivity contribution in [2.24, 2.45) is 0 Å². The fourth-order valence-corrected chi connectivity index (χ4v) is 30.1. The SMILES string of the molecule is CCSc1nn2c(C)cc(C)nc2c1S(=O)(=O)c1ccc(F)cc1.CCSc1nn2c(C)cc(C)nc2c1S(=O)(=O)c1cccc(Cl)c1.CCSc1nn2c(C)cc(C)nc2c1S(=O)(=O)c1cccc(F)c1.CSc1nn2c(C)cc(C)nc2c1S(=O)(=O)c1ccc(F)cc1.CSc1nn2c(C)cc(C)nc2c1S(=O)(=O)c1cccc(Cl)c1.CSc1nn2c(C)cc(C)nc2c1S(=O)(=O)c1cccc(F)c1. The van der Waals surface area contributed by atoms with E-state index in [0.717, 1.165) is 81.9 Å². The molecule has 0 amide bonds. The number of hydrogen-bond acceptors (Lipinski definition) is 30. The van der Waals surface area contributed by atoms with Gasteiger partial charge in [0.05, 0.1) is 29.4 Å². The maximum Gasteiger partial charge on any atom is 0.213 e. The molecule has 0 aliphatic rings. The van der Waals surface area contributed by atoms with Crippen LogP contribution in [0.3, 0.4) is 0 Å². The third kappa shape index (κ3) is 22.6. The zero-order valence-electron chi connectivity index (χ0n) is 78.6. The highest BCUT2D eigenvalue weighted by Crippen LogP contribution is 2.42. The molecule has 0 bridgehead atoms. The molecule has 0 saturated heterocycles. The van der Waals surface area contributed by atoms with E-state index in [1.807, 2.05) is 113 Å². The second kappa shape index (κ2) is 43.8. The molecule has 12 aromatic heterocycles. The highest BCUT2D eigenvalue weighted by molar-refractivity contribution is 8.02. The van der Waals surface area contributed by atoms with Crippen molar-refractivity contribution in [3.8, 4) is 0 Å². The molecule has 6 aromatic carbocycles. The fourth-order valence-electron chi connectivity index (χ4n) is 14.7. The lowest BCUT2D eigenvalue weighted by Crippen LogP contribution is -2.05. The summed E-state index contributed by atoms with van der Waals surface area (Å²) in [6.07, 6.45) is 5.29. The molecule has 0 radical (unpaired) electrons. The van der Waals surface area contributed by atoms with Gasteiger partial charge in [0.1, 0.15) is 53.4 Å². The number of aryl methyl sites for hydroxylation is 12. The van der Waals surface area contributed by atoms with E-state index in [1.165, 1.54) is 169 Å². The highest BCUT2D eigenvalue weighted by Gasteiger charge is 2.37. The van der Waals surface area contributed by atoms with Gasteiger partial charge in [-0.05, 0) is 277 Å². The van der Waals surface area contributed by atoms with Crippen molar-refractivity contribution in [1.82, 2.24) is 87.6 Å². The van der Waals surface area contributed by atoms with Crippen LogP contribution in [-0.4, -0.2) is 174 Å². The van der Waals surface area contributed by atoms with Crippen LogP contribution in [0.5, 0.6) is 0 Å². The fraction of sp³-hybridized carbons (Fsp3) is 0.226. The van der Waals surface area contributed by atoms with Crippen molar-refractivity contribution in [1.29, 1.82) is 0 Å². The van der Waals surface area contributed by atoms with E-state index in [9.17, 15) is 68.1 Å². The standard InChI is InChI=1S/C16H16ClN3O2S2.2C16H16FN3O2S2.C15H14ClN3O2S2.2C15H14FN3O2S2/c1-4-23-16-14(15-18-10(2)8-11(3)20(15)19-16)24(21,22)13-7-5-6-12(17)9-13;1-4-23-16-14(15-18-10(2)9-11(3)20(15)19-16)24(21,22)13-7-5-12(17)6-8-13;1-4-23-16-14(15-18-10(2)8-11(3)20(15)19-16)24(21,22)13-7-5-6-12(17)9-13;1-9-7-10(2)19-14(17-9)13(15(18-19)22-3)23(20,21)12-6-4-5-11(16)8-12;1-9-8-10(2)19-14(17-9)13(15(18-19)22-3)23(20,21)12-6-4-11(16)5-7-12;1-9-7-10(2)19-14(17-9)13(15(18-19)22-3)23(20,21)12-6-4-5-11(16)8-12/h3*5-9H,4H2,1-3H3;3*4-8H,1-3H3. The van der Waals surface area contributed by atoms with Gasteiger partial charge in [0.25, 0.3) is 0 Å². The summed E-state index contributed by atoms with van der Waals surface area (Å²) in [4.78, 5) is 26.8. The molecule has 30 nitrogen and oxygen atoms in total. The summed E-state index contributed by atoms with van der Waals surface area (Å²) in [5.41, 5.74) is 10.9. The Hall–Kier alpha value is -10.9. The number of halogens is 6. The van der Waals surface area contributed by atoms with Gasteiger partial charge in [0.2, 0.25) is 59.0 Å². The molecule has 18 rings (SSSR count). The lowest BCUT2D eigenvalue weighted by Gasteiger charge is -2.06. The van der Waals surface area contributed by atoms with E-state index >= 15 is 0 Å². The molecule has 0 fully saturated rings. The van der Waals surface area contributed by atoms with Gasteiger partial charge in [0.15, 0.2) is 63.3 Å². The van der Waals surface area contributed by atoms with Crippen LogP contribution in [0.2, 0.25) is 10.0 Å². The monoisotopic (exact) mass is 2180 g/mol. The molecular weight excluding hydrogens is 2090 g/mol. The van der Waals surface area contributed by atoms with Gasteiger partial charge < -0.3 is 0 Å². The van der Waals surface area contributed by atoms with E-state index in [-0.39, 0.29) is 75.7 Å². The molecule has 0 aliphatic carbocycles. The molecule has 0 aliphatic heterocycles. The second-order valence-corrected chi connectivity index (χ2v) is 49.5. The Bertz CT molecular complexity index is 8350. The van der Waals surface area contributed by atoms with E-state index < -0.39 is 82.3 Å². The topological polar surface area (TPSA) is 386 Å². The zero-order valence-corrected chi connectivity index (χ0v) is 89.9. The van der Waals surface area contributed by atoms with Crippen molar-refractivity contribution in [3.05, 3.63) is 284 Å². The molecule has 48 heteroatoms. The summed E-state index contributed by atoms with van der Waals surface area (Å²) in [6.45, 7) is 27.8. The van der Waals surface area contributed by atoms with Crippen molar-refractivity contribution in [3.63, 3.8) is 0 Å². The Morgan fingerprint density at radius 2 is 0.440 bits per heavy atom. The van der Waals surface area contributed by atoms with Crippen LogP contribution < -0.4 is 0 Å². The molecule has 0 N–H and O–H groups in total. The first-order valence-corrected chi connectivity index (χ1v) is 58.6. The highest BCUT2D eigenvalue weighted by atomic mass is 35.5. The van der Waals surface area contributed by atoms with Crippen LogP contribution >= 0.6 is 93.8 Å². The van der Waals surface area contributed by atoms with E-state index in [4.69, 9.17) is 23.2 Å². The molecule has 141 heavy (non-hydrogen) atoms. The summed E-state index contributed by atoms with van der Waals surface area (Å²) in [5, 5.41) is 29.5. The molecule has 18 aromatic rings. The summed E-state index contributed by atoms with van der Waals surface area (Å²) in [6, 6.07) is 43.0. The van der Waals surface area contributed by atoms with E-state index in [0.29, 0.717) is 97.2 Å². The number of fused-ring (bicyclic) bond motifs is 6. The second-order valence-electron chi connectivity index (χ2n) is 31.1. The predicted molar refractivity (Wildman–Crippen MR) is 541 cm³/mol. The summed E-state index contributed by atoms with van der Waals surface area (Å²) < 4.78 is 219. The average molecular weight is 2180 g/mol. The van der Waals surface area contributed by atoms with Crippen LogP contribution in [-0.2, 0) is 59.0 Å². The maximum atomic E-state index is 13.5. The first-order valence-electron chi connectivity index (χ1n) is 42.3. The van der Waals surface area contributed by atoms with Crippen molar-refractivity contribution < 1.29 is 68.1 Å². The Labute approximate surface area is 847 Å². The average Bonchev–Trinajstić information content (AvgIpc) is 1.64. The predicted octanol–water partition coefficient (Wildman–Crippen LogP) is 20.4. The van der Waals surface area contributed by atoms with Crippen molar-refractivity contribution in [2.45, 2.75) is 193 Å². The van der Waals surface area contributed by atoms with Crippen LogP contribution in [0.1, 0.15) is 89.1 Å². The minimum absolute atomic E-state index is 0.0161. The number of sulfone groups is 6. The quantitative estimate of drug-likeness (QED) is 0.0366. The molecular formula is C93H90Cl2F4N18O12S12. The Morgan fingerprint density at radius 3 is 0.638 bits per heavy atom. The lowest BCUT2D eigenvalue weighted by molar-refractivity contribution is 0.588. The Balaban J connectivity index is 0.000000142. The van der Waals surface area contributed by atoms with Crippen LogP contribution in [0, 0.1) is 106 Å². The lowest BCUT2D eigenvalue weighted by atomic mass is 10.3. The van der Waals surface area contributed by atoms with E-state index in [1.54, 1.807) is 84.3 Å². The number of thioether (sulfide) groups is 6. The van der Waals surface area contributed by atoms with Gasteiger partial charge >= 0.3 is 0 Å². The molecule has 0 spiro atoms. The van der Waals surface area contributed by atoms with Gasteiger partial charge in [0, 0.05) is 78.4 Å². The number of aromatic nitrogens is 18. The van der Waals surface area contributed by atoms with Crippen LogP contribution in [0.4, 0.5) is 17.6 Å². The van der Waals surface area contributed by atoms with Crippen LogP contribution in [0.25, 0.3) is 33.9 Å². The first-order chi connectivity index (χ1) is 66.5. The maximum absolute atomic E-state index is 13.5. The summed E-state index contributed by atoms with van der Waals surface area (Å²) >= 11 is 19.7.